The summed E-state index contributed by atoms with van der Waals surface area (Å²) in [5.41, 5.74) is -0.936. The minimum Gasteiger partial charge on any atom is -0.467 e. The summed E-state index contributed by atoms with van der Waals surface area (Å²) in [6.45, 7) is 3.46. The molecule has 1 rings (SSSR count). The fraction of sp³-hybridized carbons (Fsp3) is 0.429. The summed E-state index contributed by atoms with van der Waals surface area (Å²) in [7, 11) is 1.14. The van der Waals surface area contributed by atoms with Crippen LogP contribution in [0.1, 0.15) is 30.6 Å². The maximum Gasteiger partial charge on any atom is 0.328 e. The van der Waals surface area contributed by atoms with E-state index in [1.807, 2.05) is 0 Å². The fourth-order valence-electron chi connectivity index (χ4n) is 1.77. The number of carbonyl (C=O) groups is 2. The summed E-state index contributed by atoms with van der Waals surface area (Å²) in [6.07, 6.45) is 0.536. The largest absolute Gasteiger partial charge is 0.467 e. The molecular formula is C14H16F3NO3. The van der Waals surface area contributed by atoms with Crippen LogP contribution in [0.3, 0.4) is 0 Å². The van der Waals surface area contributed by atoms with Gasteiger partial charge in [0.05, 0.1) is 7.11 Å². The Morgan fingerprint density at radius 2 is 1.76 bits per heavy atom. The molecule has 1 aromatic carbocycles. The van der Waals surface area contributed by atoms with Gasteiger partial charge in [0.1, 0.15) is 29.1 Å². The second kappa shape index (κ2) is 7.10. The SMILES string of the molecule is CC[C@@H](C)[C@H](NC(=O)c1c(F)cc(F)cc1F)C(=O)OC. The fourth-order valence-corrected chi connectivity index (χ4v) is 1.77. The number of rotatable bonds is 5. The van der Waals surface area contributed by atoms with Crippen molar-refractivity contribution in [2.75, 3.05) is 7.11 Å². The minimum absolute atomic E-state index is 0.298. The van der Waals surface area contributed by atoms with Crippen LogP contribution in [0.2, 0.25) is 0 Å². The van der Waals surface area contributed by atoms with E-state index in [1.165, 1.54) is 0 Å². The molecule has 1 amide bonds. The first-order valence-corrected chi connectivity index (χ1v) is 6.35. The third-order valence-electron chi connectivity index (χ3n) is 3.19. The summed E-state index contributed by atoms with van der Waals surface area (Å²) in [5, 5.41) is 2.22. The molecule has 116 valence electrons. The van der Waals surface area contributed by atoms with E-state index in [0.717, 1.165) is 7.11 Å². The molecular weight excluding hydrogens is 287 g/mol. The molecule has 0 aliphatic rings. The number of carbonyl (C=O) groups excluding carboxylic acids is 2. The maximum absolute atomic E-state index is 13.5. The number of hydrogen-bond donors (Lipinski definition) is 1. The maximum atomic E-state index is 13.5. The van der Waals surface area contributed by atoms with Crippen LogP contribution in [0.5, 0.6) is 0 Å². The molecule has 0 saturated heterocycles. The average Bonchev–Trinajstić information content (AvgIpc) is 2.41. The number of methoxy groups -OCH3 is 1. The molecule has 1 N–H and O–H groups in total. The summed E-state index contributed by atoms with van der Waals surface area (Å²) in [5.74, 6) is -5.96. The second-order valence-corrected chi connectivity index (χ2v) is 4.60. The number of hydrogen-bond acceptors (Lipinski definition) is 3. The van der Waals surface area contributed by atoms with E-state index >= 15 is 0 Å². The van der Waals surface area contributed by atoms with Crippen LogP contribution >= 0.6 is 0 Å². The lowest BCUT2D eigenvalue weighted by Crippen LogP contribution is -2.46. The lowest BCUT2D eigenvalue weighted by molar-refractivity contribution is -0.144. The van der Waals surface area contributed by atoms with E-state index in [4.69, 9.17) is 0 Å². The predicted molar refractivity (Wildman–Crippen MR) is 69.0 cm³/mol. The Kier molecular flexibility index (Phi) is 5.75. The van der Waals surface area contributed by atoms with Crippen LogP contribution in [0, 0.1) is 23.4 Å². The Hall–Kier alpha value is -2.05. The molecule has 21 heavy (non-hydrogen) atoms. The Morgan fingerprint density at radius 1 is 1.24 bits per heavy atom. The van der Waals surface area contributed by atoms with Crippen molar-refractivity contribution in [3.05, 3.63) is 35.1 Å². The number of ether oxygens (including phenoxy) is 1. The van der Waals surface area contributed by atoms with Gasteiger partial charge >= 0.3 is 5.97 Å². The number of nitrogens with one attached hydrogen (secondary N) is 1. The van der Waals surface area contributed by atoms with Gasteiger partial charge in [0.15, 0.2) is 0 Å². The van der Waals surface area contributed by atoms with E-state index in [1.54, 1.807) is 13.8 Å². The molecule has 0 heterocycles. The van der Waals surface area contributed by atoms with Crippen molar-refractivity contribution in [3.8, 4) is 0 Å². The molecule has 0 fully saturated rings. The molecule has 0 aliphatic heterocycles. The highest BCUT2D eigenvalue weighted by molar-refractivity contribution is 5.97. The summed E-state index contributed by atoms with van der Waals surface area (Å²) in [4.78, 5) is 23.5. The van der Waals surface area contributed by atoms with Gasteiger partial charge < -0.3 is 10.1 Å². The lowest BCUT2D eigenvalue weighted by atomic mass is 9.98. The zero-order valence-electron chi connectivity index (χ0n) is 11.9. The molecule has 0 saturated carbocycles. The normalized spacial score (nSPS) is 13.4. The van der Waals surface area contributed by atoms with Gasteiger partial charge in [0.2, 0.25) is 0 Å². The van der Waals surface area contributed by atoms with Crippen molar-refractivity contribution >= 4 is 11.9 Å². The van der Waals surface area contributed by atoms with E-state index in [9.17, 15) is 22.8 Å². The Balaban J connectivity index is 3.05. The van der Waals surface area contributed by atoms with Crippen LogP contribution in [0.4, 0.5) is 13.2 Å². The highest BCUT2D eigenvalue weighted by Crippen LogP contribution is 2.16. The van der Waals surface area contributed by atoms with Gasteiger partial charge in [-0.15, -0.1) is 0 Å². The van der Waals surface area contributed by atoms with Crippen molar-refractivity contribution in [1.29, 1.82) is 0 Å². The van der Waals surface area contributed by atoms with Crippen LogP contribution in [0.25, 0.3) is 0 Å². The van der Waals surface area contributed by atoms with Gasteiger partial charge in [-0.3, -0.25) is 4.79 Å². The second-order valence-electron chi connectivity index (χ2n) is 4.60. The predicted octanol–water partition coefficient (Wildman–Crippen LogP) is 2.42. The first-order valence-electron chi connectivity index (χ1n) is 6.35. The van der Waals surface area contributed by atoms with Crippen LogP contribution < -0.4 is 5.32 Å². The lowest BCUT2D eigenvalue weighted by Gasteiger charge is -2.22. The summed E-state index contributed by atoms with van der Waals surface area (Å²) < 4.78 is 44.4. The van der Waals surface area contributed by atoms with E-state index in [0.29, 0.717) is 18.6 Å². The van der Waals surface area contributed by atoms with Gasteiger partial charge in [-0.05, 0) is 5.92 Å². The van der Waals surface area contributed by atoms with E-state index < -0.39 is 40.9 Å². The van der Waals surface area contributed by atoms with Crippen LogP contribution in [0.15, 0.2) is 12.1 Å². The first kappa shape index (κ1) is 17.0. The number of benzene rings is 1. The molecule has 0 spiro atoms. The third-order valence-corrected chi connectivity index (χ3v) is 3.19. The zero-order valence-corrected chi connectivity index (χ0v) is 11.9. The summed E-state index contributed by atoms with van der Waals surface area (Å²) >= 11 is 0. The molecule has 0 bridgehead atoms. The monoisotopic (exact) mass is 303 g/mol. The highest BCUT2D eigenvalue weighted by Gasteiger charge is 2.29. The molecule has 0 aromatic heterocycles. The third kappa shape index (κ3) is 3.96. The van der Waals surface area contributed by atoms with Crippen LogP contribution in [-0.4, -0.2) is 25.0 Å². The summed E-state index contributed by atoms with van der Waals surface area (Å²) in [6, 6.07) is -0.251. The first-order chi connectivity index (χ1) is 9.81. The van der Waals surface area contributed by atoms with Crippen molar-refractivity contribution in [3.63, 3.8) is 0 Å². The van der Waals surface area contributed by atoms with Gasteiger partial charge in [-0.25, -0.2) is 18.0 Å². The van der Waals surface area contributed by atoms with Gasteiger partial charge in [0.25, 0.3) is 5.91 Å². The number of esters is 1. The van der Waals surface area contributed by atoms with Crippen molar-refractivity contribution in [2.24, 2.45) is 5.92 Å². The Morgan fingerprint density at radius 3 is 2.19 bits per heavy atom. The van der Waals surface area contributed by atoms with Gasteiger partial charge in [0, 0.05) is 12.1 Å². The number of amides is 1. The molecule has 0 unspecified atom stereocenters. The average molecular weight is 303 g/mol. The Bertz CT molecular complexity index is 525. The molecule has 2 atom stereocenters. The molecule has 0 aliphatic carbocycles. The standard InChI is InChI=1S/C14H16F3NO3/c1-4-7(2)12(14(20)21-3)18-13(19)11-9(16)5-8(15)6-10(11)17/h5-7,12H,4H2,1-3H3,(H,18,19)/t7-,12+/m1/s1. The molecule has 7 heteroatoms. The molecule has 4 nitrogen and oxygen atoms in total. The highest BCUT2D eigenvalue weighted by atomic mass is 19.1. The quantitative estimate of drug-likeness (QED) is 0.850. The topological polar surface area (TPSA) is 55.4 Å². The van der Waals surface area contributed by atoms with Gasteiger partial charge in [-0.1, -0.05) is 20.3 Å². The van der Waals surface area contributed by atoms with Crippen LogP contribution in [-0.2, 0) is 9.53 Å². The van der Waals surface area contributed by atoms with E-state index in [-0.39, 0.29) is 5.92 Å². The minimum atomic E-state index is -1.34. The molecule has 1 aromatic rings. The van der Waals surface area contributed by atoms with Crippen molar-refractivity contribution in [1.82, 2.24) is 5.32 Å². The van der Waals surface area contributed by atoms with Crippen molar-refractivity contribution in [2.45, 2.75) is 26.3 Å². The smallest absolute Gasteiger partial charge is 0.328 e. The van der Waals surface area contributed by atoms with Gasteiger partial charge in [-0.2, -0.15) is 0 Å². The molecule has 0 radical (unpaired) electrons. The van der Waals surface area contributed by atoms with Crippen molar-refractivity contribution < 1.29 is 27.5 Å². The zero-order chi connectivity index (χ0) is 16.2. The number of halogens is 3. The van der Waals surface area contributed by atoms with E-state index in [2.05, 4.69) is 10.1 Å². The Labute approximate surface area is 120 Å².